The lowest BCUT2D eigenvalue weighted by atomic mass is 10.2. The summed E-state index contributed by atoms with van der Waals surface area (Å²) >= 11 is 0. The molecule has 0 atom stereocenters. The number of amides is 3. The van der Waals surface area contributed by atoms with Crippen molar-refractivity contribution in [3.05, 3.63) is 84.2 Å². The first-order chi connectivity index (χ1) is 16.5. The first kappa shape index (κ1) is 23.1. The summed E-state index contributed by atoms with van der Waals surface area (Å²) in [7, 11) is 0. The Morgan fingerprint density at radius 2 is 1.47 bits per heavy atom. The van der Waals surface area contributed by atoms with Crippen molar-refractivity contribution in [2.24, 2.45) is 0 Å². The summed E-state index contributed by atoms with van der Waals surface area (Å²) in [5, 5.41) is 2.84. The summed E-state index contributed by atoms with van der Waals surface area (Å²) < 4.78 is 7.06. The molecule has 1 aliphatic heterocycles. The zero-order chi connectivity index (χ0) is 23.9. The number of hydrogen-bond donors (Lipinski definition) is 1. The van der Waals surface area contributed by atoms with Gasteiger partial charge in [0.05, 0.1) is 6.61 Å². The monoisotopic (exact) mass is 460 g/mol. The fourth-order valence-corrected chi connectivity index (χ4v) is 3.94. The molecule has 3 aromatic rings. The maximum Gasteiger partial charge on any atom is 0.270 e. The Bertz CT molecular complexity index is 1130. The number of hydrogen-bond acceptors (Lipinski definition) is 4. The molecule has 0 saturated carbocycles. The number of aromatic nitrogens is 1. The summed E-state index contributed by atoms with van der Waals surface area (Å²) in [6.07, 6.45) is 1.72. The highest BCUT2D eigenvalue weighted by Gasteiger charge is 2.27. The third-order valence-corrected chi connectivity index (χ3v) is 5.69. The van der Waals surface area contributed by atoms with E-state index < -0.39 is 0 Å². The van der Waals surface area contributed by atoms with Gasteiger partial charge in [-0.2, -0.15) is 0 Å². The summed E-state index contributed by atoms with van der Waals surface area (Å²) in [5.74, 6) is 0.338. The van der Waals surface area contributed by atoms with Crippen LogP contribution in [0.3, 0.4) is 0 Å². The Morgan fingerprint density at radius 3 is 2.12 bits per heavy atom. The molecule has 0 bridgehead atoms. The number of rotatable bonds is 7. The molecule has 8 nitrogen and oxygen atoms in total. The van der Waals surface area contributed by atoms with Crippen molar-refractivity contribution >= 4 is 23.4 Å². The highest BCUT2D eigenvalue weighted by Crippen LogP contribution is 2.16. The van der Waals surface area contributed by atoms with Crippen molar-refractivity contribution in [3.8, 4) is 5.75 Å². The SMILES string of the molecule is CCOc1ccc(NC(=O)Cn2cccc2C(=O)N2CCN(C(=O)c3ccccc3)CC2)cc1. The van der Waals surface area contributed by atoms with Gasteiger partial charge in [0.1, 0.15) is 18.0 Å². The minimum Gasteiger partial charge on any atom is -0.494 e. The summed E-state index contributed by atoms with van der Waals surface area (Å²) in [6, 6.07) is 19.8. The van der Waals surface area contributed by atoms with Crippen LogP contribution in [0, 0.1) is 0 Å². The van der Waals surface area contributed by atoms with Gasteiger partial charge in [-0.05, 0) is 55.5 Å². The summed E-state index contributed by atoms with van der Waals surface area (Å²) in [5.41, 5.74) is 1.76. The van der Waals surface area contributed by atoms with Crippen LogP contribution < -0.4 is 10.1 Å². The standard InChI is InChI=1S/C26H28N4O4/c1-2-34-22-12-10-21(11-13-22)27-24(31)19-30-14-6-9-23(30)26(33)29-17-15-28(16-18-29)25(32)20-7-4-3-5-8-20/h3-14H,2,15-19H2,1H3,(H,27,31). The number of nitrogens with one attached hydrogen (secondary N) is 1. The smallest absolute Gasteiger partial charge is 0.270 e. The maximum atomic E-state index is 13.1. The summed E-state index contributed by atoms with van der Waals surface area (Å²) in [4.78, 5) is 41.8. The van der Waals surface area contributed by atoms with E-state index in [0.717, 1.165) is 5.75 Å². The van der Waals surface area contributed by atoms with Crippen molar-refractivity contribution in [2.45, 2.75) is 13.5 Å². The Hall–Kier alpha value is -4.07. The number of ether oxygens (including phenoxy) is 1. The number of benzene rings is 2. The van der Waals surface area contributed by atoms with Gasteiger partial charge in [0, 0.05) is 43.6 Å². The van der Waals surface area contributed by atoms with Gasteiger partial charge in [0.15, 0.2) is 0 Å². The van der Waals surface area contributed by atoms with Crippen LogP contribution in [-0.4, -0.2) is 64.9 Å². The van der Waals surface area contributed by atoms with E-state index >= 15 is 0 Å². The third-order valence-electron chi connectivity index (χ3n) is 5.69. The topological polar surface area (TPSA) is 83.9 Å². The first-order valence-corrected chi connectivity index (χ1v) is 11.4. The van der Waals surface area contributed by atoms with Gasteiger partial charge >= 0.3 is 0 Å². The molecule has 8 heteroatoms. The van der Waals surface area contributed by atoms with Gasteiger partial charge in [-0.1, -0.05) is 18.2 Å². The van der Waals surface area contributed by atoms with Gasteiger partial charge in [-0.25, -0.2) is 0 Å². The molecular formula is C26H28N4O4. The first-order valence-electron chi connectivity index (χ1n) is 11.4. The second kappa shape index (κ2) is 10.7. The molecule has 4 rings (SSSR count). The van der Waals surface area contributed by atoms with Crippen LogP contribution in [0.5, 0.6) is 5.75 Å². The highest BCUT2D eigenvalue weighted by atomic mass is 16.5. The predicted molar refractivity (Wildman–Crippen MR) is 129 cm³/mol. The fraction of sp³-hybridized carbons (Fsp3) is 0.269. The molecule has 0 spiro atoms. The van der Waals surface area contributed by atoms with Crippen LogP contribution in [0.4, 0.5) is 5.69 Å². The third kappa shape index (κ3) is 5.46. The Balaban J connectivity index is 1.32. The number of nitrogens with zero attached hydrogens (tertiary/aromatic N) is 3. The normalized spacial score (nSPS) is 13.4. The van der Waals surface area contributed by atoms with Crippen LogP contribution in [0.15, 0.2) is 72.9 Å². The molecule has 1 fully saturated rings. The van der Waals surface area contributed by atoms with Crippen LogP contribution in [-0.2, 0) is 11.3 Å². The molecule has 1 aliphatic rings. The molecule has 0 aliphatic carbocycles. The van der Waals surface area contributed by atoms with Crippen molar-refractivity contribution in [3.63, 3.8) is 0 Å². The minimum atomic E-state index is -0.229. The molecular weight excluding hydrogens is 432 g/mol. The van der Waals surface area contributed by atoms with Gasteiger partial charge in [-0.15, -0.1) is 0 Å². The molecule has 34 heavy (non-hydrogen) atoms. The molecule has 3 amide bonds. The lowest BCUT2D eigenvalue weighted by Gasteiger charge is -2.35. The average Bonchev–Trinajstić information content (AvgIpc) is 3.33. The lowest BCUT2D eigenvalue weighted by molar-refractivity contribution is -0.116. The molecule has 0 unspecified atom stereocenters. The quantitative estimate of drug-likeness (QED) is 0.587. The van der Waals surface area contributed by atoms with Crippen molar-refractivity contribution in [1.82, 2.24) is 14.4 Å². The van der Waals surface area contributed by atoms with Crippen molar-refractivity contribution < 1.29 is 19.1 Å². The van der Waals surface area contributed by atoms with E-state index in [1.807, 2.05) is 25.1 Å². The maximum absolute atomic E-state index is 13.1. The number of piperazine rings is 1. The zero-order valence-corrected chi connectivity index (χ0v) is 19.1. The molecule has 2 aromatic carbocycles. The van der Waals surface area contributed by atoms with Gasteiger partial charge in [-0.3, -0.25) is 14.4 Å². The van der Waals surface area contributed by atoms with E-state index in [-0.39, 0.29) is 24.3 Å². The molecule has 2 heterocycles. The van der Waals surface area contributed by atoms with Gasteiger partial charge < -0.3 is 24.4 Å². The van der Waals surface area contributed by atoms with E-state index in [1.165, 1.54) is 0 Å². The largest absolute Gasteiger partial charge is 0.494 e. The Kier molecular flexibility index (Phi) is 7.27. The Morgan fingerprint density at radius 1 is 0.824 bits per heavy atom. The van der Waals surface area contributed by atoms with Crippen LogP contribution in [0.25, 0.3) is 0 Å². The van der Waals surface area contributed by atoms with Crippen molar-refractivity contribution in [2.75, 3.05) is 38.1 Å². The summed E-state index contributed by atoms with van der Waals surface area (Å²) in [6.45, 7) is 4.34. The second-order valence-electron chi connectivity index (χ2n) is 7.98. The molecule has 1 aromatic heterocycles. The van der Waals surface area contributed by atoms with Crippen molar-refractivity contribution in [1.29, 1.82) is 0 Å². The van der Waals surface area contributed by atoms with E-state index in [9.17, 15) is 14.4 Å². The van der Waals surface area contributed by atoms with E-state index in [4.69, 9.17) is 4.74 Å². The molecule has 1 saturated heterocycles. The van der Waals surface area contributed by atoms with Crippen LogP contribution in [0.1, 0.15) is 27.8 Å². The number of carbonyl (C=O) groups excluding carboxylic acids is 3. The average molecular weight is 461 g/mol. The second-order valence-corrected chi connectivity index (χ2v) is 7.98. The minimum absolute atomic E-state index is 0.0216. The Labute approximate surface area is 198 Å². The highest BCUT2D eigenvalue weighted by molar-refractivity contribution is 5.96. The number of carbonyl (C=O) groups is 3. The lowest BCUT2D eigenvalue weighted by Crippen LogP contribution is -2.51. The zero-order valence-electron chi connectivity index (χ0n) is 19.1. The molecule has 0 radical (unpaired) electrons. The fourth-order valence-electron chi connectivity index (χ4n) is 3.94. The molecule has 176 valence electrons. The van der Waals surface area contributed by atoms with E-state index in [2.05, 4.69) is 5.32 Å². The van der Waals surface area contributed by atoms with E-state index in [0.29, 0.717) is 49.7 Å². The number of anilines is 1. The van der Waals surface area contributed by atoms with E-state index in [1.54, 1.807) is 69.1 Å². The molecule has 1 N–H and O–H groups in total. The predicted octanol–water partition coefficient (Wildman–Crippen LogP) is 3.12. The van der Waals surface area contributed by atoms with Gasteiger partial charge in [0.2, 0.25) is 5.91 Å². The van der Waals surface area contributed by atoms with Gasteiger partial charge in [0.25, 0.3) is 11.8 Å². The van der Waals surface area contributed by atoms with Crippen LogP contribution in [0.2, 0.25) is 0 Å². The van der Waals surface area contributed by atoms with Crippen LogP contribution >= 0.6 is 0 Å².